The number of aromatic nitrogens is 1. The Morgan fingerprint density at radius 1 is 1.15 bits per heavy atom. The van der Waals surface area contributed by atoms with Crippen LogP contribution in [0.2, 0.25) is 0 Å². The zero-order valence-corrected chi connectivity index (χ0v) is 14.7. The Kier molecular flexibility index (Phi) is 4.97. The Labute approximate surface area is 152 Å². The Balaban J connectivity index is 2.13. The minimum absolute atomic E-state index is 0.479. The molecule has 0 fully saturated rings. The van der Waals surface area contributed by atoms with Gasteiger partial charge in [0.2, 0.25) is 0 Å². The van der Waals surface area contributed by atoms with Crippen molar-refractivity contribution in [1.82, 2.24) is 4.57 Å². The van der Waals surface area contributed by atoms with Crippen LogP contribution >= 0.6 is 0 Å². The van der Waals surface area contributed by atoms with Crippen LogP contribution in [0.1, 0.15) is 11.1 Å². The highest BCUT2D eigenvalue weighted by Crippen LogP contribution is 2.32. The van der Waals surface area contributed by atoms with Gasteiger partial charge < -0.3 is 14.0 Å². The highest BCUT2D eigenvalue weighted by molar-refractivity contribution is 5.98. The molecule has 3 aromatic rings. The van der Waals surface area contributed by atoms with Gasteiger partial charge in [0.25, 0.3) is 0 Å². The van der Waals surface area contributed by atoms with Gasteiger partial charge in [0.15, 0.2) is 11.5 Å². The molecule has 0 bridgehead atoms. The third-order valence-electron chi connectivity index (χ3n) is 4.20. The van der Waals surface area contributed by atoms with Crippen molar-refractivity contribution >= 4 is 22.6 Å². The molecule has 0 radical (unpaired) electrons. The van der Waals surface area contributed by atoms with Crippen LogP contribution in [-0.2, 0) is 6.54 Å². The van der Waals surface area contributed by atoms with Gasteiger partial charge in [0.1, 0.15) is 0 Å². The van der Waals surface area contributed by atoms with E-state index in [9.17, 15) is 5.26 Å². The second kappa shape index (κ2) is 7.51. The summed E-state index contributed by atoms with van der Waals surface area (Å²) in [6, 6.07) is 15.7. The van der Waals surface area contributed by atoms with Crippen molar-refractivity contribution in [3.05, 3.63) is 59.8 Å². The molecule has 26 heavy (non-hydrogen) atoms. The summed E-state index contributed by atoms with van der Waals surface area (Å²) in [6.07, 6.45) is 9.32. The molecule has 0 amide bonds. The van der Waals surface area contributed by atoms with Crippen LogP contribution in [0.5, 0.6) is 11.5 Å². The lowest BCUT2D eigenvalue weighted by Crippen LogP contribution is -1.92. The first kappa shape index (κ1) is 17.2. The zero-order chi connectivity index (χ0) is 18.5. The monoisotopic (exact) mass is 342 g/mol. The van der Waals surface area contributed by atoms with Crippen molar-refractivity contribution in [3.63, 3.8) is 0 Å². The maximum atomic E-state index is 9.68. The van der Waals surface area contributed by atoms with E-state index in [0.29, 0.717) is 23.6 Å². The summed E-state index contributed by atoms with van der Waals surface area (Å²) < 4.78 is 12.6. The van der Waals surface area contributed by atoms with E-state index in [-0.39, 0.29) is 0 Å². The Bertz CT molecular complexity index is 1060. The minimum Gasteiger partial charge on any atom is -0.493 e. The van der Waals surface area contributed by atoms with Crippen LogP contribution in [-0.4, -0.2) is 18.8 Å². The van der Waals surface area contributed by atoms with E-state index in [4.69, 9.17) is 15.9 Å². The van der Waals surface area contributed by atoms with Gasteiger partial charge in [0.05, 0.1) is 32.4 Å². The molecule has 128 valence electrons. The lowest BCUT2D eigenvalue weighted by molar-refractivity contribution is 0.355. The van der Waals surface area contributed by atoms with E-state index < -0.39 is 0 Å². The van der Waals surface area contributed by atoms with Crippen molar-refractivity contribution in [2.45, 2.75) is 6.54 Å². The molecule has 0 aliphatic heterocycles. The summed E-state index contributed by atoms with van der Waals surface area (Å²) in [7, 11) is 3.16. The van der Waals surface area contributed by atoms with E-state index >= 15 is 0 Å². The summed E-state index contributed by atoms with van der Waals surface area (Å²) in [6.45, 7) is 0.479. The zero-order valence-electron chi connectivity index (χ0n) is 14.7. The molecule has 0 saturated carbocycles. The van der Waals surface area contributed by atoms with E-state index in [1.165, 1.54) is 0 Å². The minimum atomic E-state index is 0.479. The van der Waals surface area contributed by atoms with Crippen molar-refractivity contribution in [2.75, 3.05) is 14.2 Å². The molecule has 0 atom stereocenters. The summed E-state index contributed by atoms with van der Waals surface area (Å²) in [4.78, 5) is 0. The predicted molar refractivity (Wildman–Crippen MR) is 104 cm³/mol. The molecule has 4 nitrogen and oxygen atoms in total. The quantitative estimate of drug-likeness (QED) is 0.511. The molecule has 1 heterocycles. The topological polar surface area (TPSA) is 47.2 Å². The Morgan fingerprint density at radius 2 is 1.92 bits per heavy atom. The molecule has 0 N–H and O–H groups in total. The van der Waals surface area contributed by atoms with Crippen LogP contribution in [0, 0.1) is 23.7 Å². The number of benzene rings is 2. The van der Waals surface area contributed by atoms with Gasteiger partial charge in [-0.25, -0.2) is 0 Å². The second-order valence-corrected chi connectivity index (χ2v) is 5.67. The van der Waals surface area contributed by atoms with Gasteiger partial charge in [-0.2, -0.15) is 5.26 Å². The number of hydrogen-bond donors (Lipinski definition) is 0. The van der Waals surface area contributed by atoms with Crippen LogP contribution < -0.4 is 9.47 Å². The average molecular weight is 342 g/mol. The lowest BCUT2D eigenvalue weighted by atomic mass is 10.0. The van der Waals surface area contributed by atoms with Gasteiger partial charge in [0, 0.05) is 22.7 Å². The molecule has 3 rings (SSSR count). The summed E-state index contributed by atoms with van der Waals surface area (Å²) in [5.41, 5.74) is 3.29. The fourth-order valence-electron chi connectivity index (χ4n) is 2.96. The maximum absolute atomic E-state index is 9.68. The molecule has 0 spiro atoms. The molecule has 0 unspecified atom stereocenters. The number of hydrogen-bond acceptors (Lipinski definition) is 3. The summed E-state index contributed by atoms with van der Waals surface area (Å²) in [5.74, 6) is 3.87. The number of rotatable bonds is 5. The van der Waals surface area contributed by atoms with E-state index in [1.54, 1.807) is 26.4 Å². The van der Waals surface area contributed by atoms with Crippen LogP contribution in [0.4, 0.5) is 0 Å². The first-order valence-electron chi connectivity index (χ1n) is 8.07. The summed E-state index contributed by atoms with van der Waals surface area (Å²) >= 11 is 0. The SMILES string of the molecule is C#CCn1cc(/C=C(\C#N)c2ccc(OC)c(OC)c2)c2ccccc21. The second-order valence-electron chi connectivity index (χ2n) is 5.67. The summed E-state index contributed by atoms with van der Waals surface area (Å²) in [5, 5.41) is 10.7. The predicted octanol–water partition coefficient (Wildman–Crippen LogP) is 4.36. The number of allylic oxidation sites excluding steroid dienone is 1. The first-order valence-corrected chi connectivity index (χ1v) is 8.07. The smallest absolute Gasteiger partial charge is 0.161 e. The fraction of sp³-hybridized carbons (Fsp3) is 0.136. The van der Waals surface area contributed by atoms with Crippen molar-refractivity contribution < 1.29 is 9.47 Å². The number of methoxy groups -OCH3 is 2. The number of nitrogens with zero attached hydrogens (tertiary/aromatic N) is 2. The number of ether oxygens (including phenoxy) is 2. The first-order chi connectivity index (χ1) is 12.7. The van der Waals surface area contributed by atoms with Crippen molar-refractivity contribution in [1.29, 1.82) is 5.26 Å². The largest absolute Gasteiger partial charge is 0.493 e. The Hall–Kier alpha value is -3.63. The van der Waals surface area contributed by atoms with E-state index in [1.807, 2.05) is 47.2 Å². The van der Waals surface area contributed by atoms with Crippen molar-refractivity contribution in [3.8, 4) is 29.9 Å². The van der Waals surface area contributed by atoms with Crippen LogP contribution in [0.25, 0.3) is 22.6 Å². The van der Waals surface area contributed by atoms with Gasteiger partial charge >= 0.3 is 0 Å². The third-order valence-corrected chi connectivity index (χ3v) is 4.20. The molecular formula is C22H18N2O2. The molecule has 1 aromatic heterocycles. The van der Waals surface area contributed by atoms with Crippen molar-refractivity contribution in [2.24, 2.45) is 0 Å². The molecular weight excluding hydrogens is 324 g/mol. The maximum Gasteiger partial charge on any atom is 0.161 e. The molecule has 2 aromatic carbocycles. The number of fused-ring (bicyclic) bond motifs is 1. The number of para-hydroxylation sites is 1. The van der Waals surface area contributed by atoms with Gasteiger partial charge in [-0.15, -0.1) is 6.42 Å². The fourth-order valence-corrected chi connectivity index (χ4v) is 2.96. The Morgan fingerprint density at radius 3 is 2.62 bits per heavy atom. The van der Waals surface area contributed by atoms with E-state index in [0.717, 1.165) is 22.0 Å². The highest BCUT2D eigenvalue weighted by atomic mass is 16.5. The van der Waals surface area contributed by atoms with Crippen LogP contribution in [0.3, 0.4) is 0 Å². The molecule has 4 heteroatoms. The number of terminal acetylenes is 1. The number of nitriles is 1. The van der Waals surface area contributed by atoms with Crippen LogP contribution in [0.15, 0.2) is 48.7 Å². The van der Waals surface area contributed by atoms with E-state index in [2.05, 4.69) is 12.0 Å². The lowest BCUT2D eigenvalue weighted by Gasteiger charge is -2.09. The van der Waals surface area contributed by atoms with Gasteiger partial charge in [-0.05, 0) is 35.9 Å². The standard InChI is InChI=1S/C22H18N2O2/c1-4-11-24-15-18(19-7-5-6-8-20(19)24)12-17(14-23)16-9-10-21(25-2)22(13-16)26-3/h1,5-10,12-13,15H,11H2,2-3H3/b17-12+. The third kappa shape index (κ3) is 3.14. The van der Waals surface area contributed by atoms with Gasteiger partial charge in [-0.1, -0.05) is 24.1 Å². The average Bonchev–Trinajstić information content (AvgIpc) is 3.03. The highest BCUT2D eigenvalue weighted by Gasteiger charge is 2.11. The molecule has 0 saturated heterocycles. The molecule has 0 aliphatic rings. The molecule has 0 aliphatic carbocycles. The van der Waals surface area contributed by atoms with Gasteiger partial charge in [-0.3, -0.25) is 0 Å². The normalized spacial score (nSPS) is 11.0.